The third-order valence-corrected chi connectivity index (χ3v) is 2.95. The Kier molecular flexibility index (Phi) is 4.15. The van der Waals surface area contributed by atoms with Crippen LogP contribution in [0.4, 0.5) is 0 Å². The zero-order valence-electron chi connectivity index (χ0n) is 11.1. The molecule has 0 radical (unpaired) electrons. The molecule has 0 spiro atoms. The van der Waals surface area contributed by atoms with E-state index in [2.05, 4.69) is 5.32 Å². The number of carbonyl (C=O) groups excluding carboxylic acids is 2. The molecule has 0 saturated carbocycles. The molecule has 1 amide bonds. The summed E-state index contributed by atoms with van der Waals surface area (Å²) in [6.07, 6.45) is 0.601. The summed E-state index contributed by atoms with van der Waals surface area (Å²) in [7, 11) is 0. The molecule has 2 rings (SSSR count). The van der Waals surface area contributed by atoms with Gasteiger partial charge in [0.05, 0.1) is 5.56 Å². The summed E-state index contributed by atoms with van der Waals surface area (Å²) in [4.78, 5) is 22.5. The van der Waals surface area contributed by atoms with Gasteiger partial charge >= 0.3 is 0 Å². The molecular formula is C16H15NO3. The van der Waals surface area contributed by atoms with Crippen molar-refractivity contribution in [1.82, 2.24) is 5.32 Å². The van der Waals surface area contributed by atoms with E-state index in [1.807, 2.05) is 13.0 Å². The Morgan fingerprint density at radius 2 is 1.95 bits per heavy atom. The van der Waals surface area contributed by atoms with E-state index in [9.17, 15) is 14.7 Å². The van der Waals surface area contributed by atoms with Gasteiger partial charge in [0.1, 0.15) is 5.75 Å². The van der Waals surface area contributed by atoms with Crippen LogP contribution in [-0.2, 0) is 0 Å². The number of aldehydes is 1. The van der Waals surface area contributed by atoms with Crippen LogP contribution >= 0.6 is 0 Å². The minimum atomic E-state index is -0.136. The summed E-state index contributed by atoms with van der Waals surface area (Å²) in [6, 6.07) is 11.9. The minimum Gasteiger partial charge on any atom is -0.507 e. The summed E-state index contributed by atoms with van der Waals surface area (Å²) in [5, 5.41) is 12.4. The molecule has 0 aliphatic rings. The lowest BCUT2D eigenvalue weighted by Gasteiger charge is -2.07. The van der Waals surface area contributed by atoms with Crippen LogP contribution in [0.1, 0.15) is 27.6 Å². The van der Waals surface area contributed by atoms with E-state index in [4.69, 9.17) is 0 Å². The molecule has 4 nitrogen and oxygen atoms in total. The van der Waals surface area contributed by atoms with Gasteiger partial charge in [-0.25, -0.2) is 0 Å². The van der Waals surface area contributed by atoms with Crippen molar-refractivity contribution in [2.45, 2.75) is 6.92 Å². The lowest BCUT2D eigenvalue weighted by atomic mass is 10.0. The first-order chi connectivity index (χ1) is 9.65. The van der Waals surface area contributed by atoms with Crippen LogP contribution in [0, 0.1) is 0 Å². The lowest BCUT2D eigenvalue weighted by molar-refractivity contribution is 0.0955. The van der Waals surface area contributed by atoms with Crippen molar-refractivity contribution in [2.75, 3.05) is 6.54 Å². The van der Waals surface area contributed by atoms with E-state index in [0.717, 1.165) is 11.1 Å². The van der Waals surface area contributed by atoms with Gasteiger partial charge in [-0.1, -0.05) is 18.2 Å². The number of carbonyl (C=O) groups is 2. The standard InChI is InChI=1S/C16H15NO3/c1-2-17-16(20)13-5-3-4-11(8-13)12-6-7-14(10-18)15(19)9-12/h3-10,19H,2H2,1H3,(H,17,20). The number of nitrogens with one attached hydrogen (secondary N) is 1. The Bertz CT molecular complexity index is 650. The van der Waals surface area contributed by atoms with Gasteiger partial charge in [0.25, 0.3) is 5.91 Å². The Labute approximate surface area is 117 Å². The van der Waals surface area contributed by atoms with Crippen molar-refractivity contribution in [1.29, 1.82) is 0 Å². The first-order valence-electron chi connectivity index (χ1n) is 6.32. The van der Waals surface area contributed by atoms with Crippen molar-refractivity contribution in [3.05, 3.63) is 53.6 Å². The number of amides is 1. The number of hydrogen-bond donors (Lipinski definition) is 2. The smallest absolute Gasteiger partial charge is 0.251 e. The van der Waals surface area contributed by atoms with E-state index in [1.165, 1.54) is 6.07 Å². The third kappa shape index (κ3) is 2.85. The summed E-state index contributed by atoms with van der Waals surface area (Å²) < 4.78 is 0. The number of phenols is 1. The molecule has 102 valence electrons. The van der Waals surface area contributed by atoms with Crippen LogP contribution in [0.15, 0.2) is 42.5 Å². The summed E-state index contributed by atoms with van der Waals surface area (Å²) in [5.41, 5.74) is 2.36. The Morgan fingerprint density at radius 1 is 1.20 bits per heavy atom. The first kappa shape index (κ1) is 13.8. The van der Waals surface area contributed by atoms with Crippen molar-refractivity contribution in [2.24, 2.45) is 0 Å². The molecule has 0 atom stereocenters. The van der Waals surface area contributed by atoms with E-state index < -0.39 is 0 Å². The van der Waals surface area contributed by atoms with Gasteiger partial charge in [-0.15, -0.1) is 0 Å². The number of hydrogen-bond acceptors (Lipinski definition) is 3. The molecule has 2 aromatic carbocycles. The van der Waals surface area contributed by atoms with Gasteiger partial charge in [-0.3, -0.25) is 9.59 Å². The van der Waals surface area contributed by atoms with Gasteiger partial charge < -0.3 is 10.4 Å². The van der Waals surface area contributed by atoms with Gasteiger partial charge in [-0.05, 0) is 42.3 Å². The number of phenolic OH excluding ortho intramolecular Hbond substituents is 1. The second-order valence-electron chi connectivity index (χ2n) is 4.33. The predicted molar refractivity (Wildman–Crippen MR) is 76.9 cm³/mol. The molecule has 0 heterocycles. The van der Waals surface area contributed by atoms with Crippen molar-refractivity contribution >= 4 is 12.2 Å². The van der Waals surface area contributed by atoms with Crippen LogP contribution in [0.25, 0.3) is 11.1 Å². The fourth-order valence-corrected chi connectivity index (χ4v) is 1.93. The van der Waals surface area contributed by atoms with Crippen LogP contribution in [0.3, 0.4) is 0 Å². The van der Waals surface area contributed by atoms with E-state index in [0.29, 0.717) is 18.4 Å². The van der Waals surface area contributed by atoms with Crippen LogP contribution in [0.5, 0.6) is 5.75 Å². The number of benzene rings is 2. The quantitative estimate of drug-likeness (QED) is 0.838. The van der Waals surface area contributed by atoms with Crippen molar-refractivity contribution in [3.8, 4) is 16.9 Å². The highest BCUT2D eigenvalue weighted by Crippen LogP contribution is 2.26. The predicted octanol–water partition coefficient (Wildman–Crippen LogP) is 2.62. The topological polar surface area (TPSA) is 66.4 Å². The maximum atomic E-state index is 11.8. The van der Waals surface area contributed by atoms with E-state index >= 15 is 0 Å². The van der Waals surface area contributed by atoms with Crippen molar-refractivity contribution < 1.29 is 14.7 Å². The highest BCUT2D eigenvalue weighted by Gasteiger charge is 2.07. The van der Waals surface area contributed by atoms with Crippen molar-refractivity contribution in [3.63, 3.8) is 0 Å². The molecule has 0 aliphatic carbocycles. The van der Waals surface area contributed by atoms with Crippen LogP contribution < -0.4 is 5.32 Å². The first-order valence-corrected chi connectivity index (χ1v) is 6.32. The van der Waals surface area contributed by atoms with E-state index in [1.54, 1.807) is 30.3 Å². The highest BCUT2D eigenvalue weighted by molar-refractivity contribution is 5.95. The molecule has 0 saturated heterocycles. The van der Waals surface area contributed by atoms with Crippen LogP contribution in [-0.4, -0.2) is 23.8 Å². The fourth-order valence-electron chi connectivity index (χ4n) is 1.93. The third-order valence-electron chi connectivity index (χ3n) is 2.95. The van der Waals surface area contributed by atoms with Crippen LogP contribution in [0.2, 0.25) is 0 Å². The summed E-state index contributed by atoms with van der Waals surface area (Å²) in [5.74, 6) is -0.205. The molecule has 0 unspecified atom stereocenters. The van der Waals surface area contributed by atoms with Gasteiger partial charge in [0, 0.05) is 12.1 Å². The normalized spacial score (nSPS) is 10.1. The summed E-state index contributed by atoms with van der Waals surface area (Å²) >= 11 is 0. The number of rotatable bonds is 4. The maximum absolute atomic E-state index is 11.8. The zero-order valence-corrected chi connectivity index (χ0v) is 11.1. The monoisotopic (exact) mass is 269 g/mol. The largest absolute Gasteiger partial charge is 0.507 e. The second kappa shape index (κ2) is 6.02. The molecule has 0 aromatic heterocycles. The molecule has 2 aromatic rings. The van der Waals surface area contributed by atoms with Gasteiger partial charge in [0.2, 0.25) is 0 Å². The zero-order chi connectivity index (χ0) is 14.5. The molecular weight excluding hydrogens is 254 g/mol. The van der Waals surface area contributed by atoms with E-state index in [-0.39, 0.29) is 17.2 Å². The lowest BCUT2D eigenvalue weighted by Crippen LogP contribution is -2.22. The highest BCUT2D eigenvalue weighted by atomic mass is 16.3. The average Bonchev–Trinajstić information content (AvgIpc) is 2.47. The van der Waals surface area contributed by atoms with Gasteiger partial charge in [-0.2, -0.15) is 0 Å². The van der Waals surface area contributed by atoms with Gasteiger partial charge in [0.15, 0.2) is 6.29 Å². The summed E-state index contributed by atoms with van der Waals surface area (Å²) in [6.45, 7) is 2.43. The molecule has 0 bridgehead atoms. The molecule has 0 fully saturated rings. The molecule has 0 aliphatic heterocycles. The Balaban J connectivity index is 2.38. The maximum Gasteiger partial charge on any atom is 0.251 e. The SMILES string of the molecule is CCNC(=O)c1cccc(-c2ccc(C=O)c(O)c2)c1. The Morgan fingerprint density at radius 3 is 2.60 bits per heavy atom. The Hall–Kier alpha value is -2.62. The second-order valence-corrected chi connectivity index (χ2v) is 4.33. The average molecular weight is 269 g/mol. The molecule has 4 heteroatoms. The molecule has 2 N–H and O–H groups in total. The minimum absolute atomic E-state index is 0.0686. The fraction of sp³-hybridized carbons (Fsp3) is 0.125. The number of aromatic hydroxyl groups is 1. The molecule has 20 heavy (non-hydrogen) atoms.